The van der Waals surface area contributed by atoms with Crippen LogP contribution in [0.1, 0.15) is 51.9 Å². The molecule has 2 atom stereocenters. The molecule has 2 N–H and O–H groups in total. The Morgan fingerprint density at radius 2 is 2.10 bits per heavy atom. The summed E-state index contributed by atoms with van der Waals surface area (Å²) < 4.78 is 0. The van der Waals surface area contributed by atoms with Crippen molar-refractivity contribution < 1.29 is 9.90 Å². The molecule has 2 amide bonds. The van der Waals surface area contributed by atoms with Gasteiger partial charge in [0, 0.05) is 18.3 Å². The molecule has 5 heteroatoms. The van der Waals surface area contributed by atoms with Crippen LogP contribution in [0, 0.1) is 0 Å². The van der Waals surface area contributed by atoms with Gasteiger partial charge in [-0.15, -0.1) is 0 Å². The molecular weight excluding hydrogens is 272 g/mol. The van der Waals surface area contributed by atoms with E-state index in [0.717, 1.165) is 44.3 Å². The third-order valence-corrected chi connectivity index (χ3v) is 5.76. The van der Waals surface area contributed by atoms with E-state index in [1.807, 2.05) is 11.8 Å². The minimum atomic E-state index is -0.650. The Hall–Kier alpha value is -0.420. The summed E-state index contributed by atoms with van der Waals surface area (Å²) in [5, 5.41) is 14.2. The molecule has 0 heterocycles. The zero-order valence-corrected chi connectivity index (χ0v) is 13.5. The van der Waals surface area contributed by atoms with E-state index in [-0.39, 0.29) is 6.03 Å². The highest BCUT2D eigenvalue weighted by Gasteiger charge is 2.34. The molecule has 116 valence electrons. The number of carbonyl (C=O) groups is 1. The number of thioether (sulfide) groups is 1. The number of urea groups is 1. The molecule has 0 aromatic heterocycles. The molecule has 20 heavy (non-hydrogen) atoms. The quantitative estimate of drug-likeness (QED) is 0.820. The van der Waals surface area contributed by atoms with E-state index < -0.39 is 5.60 Å². The summed E-state index contributed by atoms with van der Waals surface area (Å²) in [4.78, 5) is 13.8. The standard InChI is InChI=1S/C15H28N2O2S/c1-3-20-13-7-6-12(10-13)16-14(18)17(2)11-15(19)8-4-5-9-15/h12-13,19H,3-11H2,1-2H3,(H,16,18). The van der Waals surface area contributed by atoms with Crippen molar-refractivity contribution in [2.24, 2.45) is 0 Å². The summed E-state index contributed by atoms with van der Waals surface area (Å²) in [5.41, 5.74) is -0.650. The van der Waals surface area contributed by atoms with Crippen LogP contribution in [0.2, 0.25) is 0 Å². The highest BCUT2D eigenvalue weighted by Crippen LogP contribution is 2.31. The Labute approximate surface area is 126 Å². The lowest BCUT2D eigenvalue weighted by Crippen LogP contribution is -2.48. The van der Waals surface area contributed by atoms with Gasteiger partial charge in [0.1, 0.15) is 0 Å². The van der Waals surface area contributed by atoms with E-state index in [1.54, 1.807) is 11.9 Å². The number of hydrogen-bond donors (Lipinski definition) is 2. The summed E-state index contributed by atoms with van der Waals surface area (Å²) >= 11 is 2.00. The van der Waals surface area contributed by atoms with E-state index in [1.165, 1.54) is 6.42 Å². The van der Waals surface area contributed by atoms with Crippen LogP contribution in [0.15, 0.2) is 0 Å². The Balaban J connectivity index is 1.74. The molecule has 2 unspecified atom stereocenters. The van der Waals surface area contributed by atoms with Gasteiger partial charge in [0.15, 0.2) is 0 Å². The second-order valence-corrected chi connectivity index (χ2v) is 7.90. The number of amides is 2. The molecule has 0 radical (unpaired) electrons. The van der Waals surface area contributed by atoms with Crippen molar-refractivity contribution >= 4 is 17.8 Å². The fourth-order valence-electron chi connectivity index (χ4n) is 3.45. The molecule has 0 aromatic carbocycles. The van der Waals surface area contributed by atoms with Crippen molar-refractivity contribution in [2.45, 2.75) is 68.8 Å². The molecule has 2 aliphatic rings. The third kappa shape index (κ3) is 4.29. The van der Waals surface area contributed by atoms with Gasteiger partial charge in [-0.2, -0.15) is 11.8 Å². The first-order valence-corrected chi connectivity index (χ1v) is 8.93. The number of rotatable bonds is 5. The summed E-state index contributed by atoms with van der Waals surface area (Å²) in [6, 6.07) is 0.282. The van der Waals surface area contributed by atoms with Crippen LogP contribution in [0.25, 0.3) is 0 Å². The molecule has 4 nitrogen and oxygen atoms in total. The van der Waals surface area contributed by atoms with E-state index in [2.05, 4.69) is 12.2 Å². The monoisotopic (exact) mass is 300 g/mol. The van der Waals surface area contributed by atoms with Crippen molar-refractivity contribution in [1.82, 2.24) is 10.2 Å². The number of carbonyl (C=O) groups excluding carboxylic acids is 1. The summed E-state index contributed by atoms with van der Waals surface area (Å²) in [6.45, 7) is 2.64. The highest BCUT2D eigenvalue weighted by atomic mass is 32.2. The van der Waals surface area contributed by atoms with Crippen LogP contribution in [0.4, 0.5) is 4.79 Å². The van der Waals surface area contributed by atoms with E-state index in [9.17, 15) is 9.90 Å². The average Bonchev–Trinajstić information content (AvgIpc) is 2.99. The van der Waals surface area contributed by atoms with Crippen LogP contribution >= 0.6 is 11.8 Å². The molecule has 2 saturated carbocycles. The maximum absolute atomic E-state index is 12.2. The Kier molecular flexibility index (Phi) is 5.61. The fraction of sp³-hybridized carbons (Fsp3) is 0.933. The van der Waals surface area contributed by atoms with Crippen LogP contribution in [-0.2, 0) is 0 Å². The fourth-order valence-corrected chi connectivity index (χ4v) is 4.59. The van der Waals surface area contributed by atoms with Gasteiger partial charge in [0.25, 0.3) is 0 Å². The third-order valence-electron chi connectivity index (χ3n) is 4.53. The van der Waals surface area contributed by atoms with Gasteiger partial charge in [-0.1, -0.05) is 19.8 Å². The molecule has 0 bridgehead atoms. The first kappa shape index (κ1) is 16.0. The largest absolute Gasteiger partial charge is 0.388 e. The van der Waals surface area contributed by atoms with Gasteiger partial charge in [-0.25, -0.2) is 4.79 Å². The molecule has 2 rings (SSSR count). The maximum Gasteiger partial charge on any atom is 0.317 e. The predicted octanol–water partition coefficient (Wildman–Crippen LogP) is 2.61. The smallest absolute Gasteiger partial charge is 0.317 e. The highest BCUT2D eigenvalue weighted by molar-refractivity contribution is 7.99. The second-order valence-electron chi connectivity index (χ2n) is 6.32. The molecule has 0 aromatic rings. The van der Waals surface area contributed by atoms with Crippen molar-refractivity contribution in [2.75, 3.05) is 19.3 Å². The van der Waals surface area contributed by atoms with E-state index in [4.69, 9.17) is 0 Å². The first-order chi connectivity index (χ1) is 9.52. The van der Waals surface area contributed by atoms with Gasteiger partial charge in [0.05, 0.1) is 12.1 Å². The average molecular weight is 300 g/mol. The minimum Gasteiger partial charge on any atom is -0.388 e. The minimum absolute atomic E-state index is 0.0301. The number of aliphatic hydroxyl groups is 1. The van der Waals surface area contributed by atoms with Crippen LogP contribution in [0.3, 0.4) is 0 Å². The predicted molar refractivity (Wildman–Crippen MR) is 84.1 cm³/mol. The molecule has 0 spiro atoms. The normalized spacial score (nSPS) is 28.6. The Bertz CT molecular complexity index is 332. The van der Waals surface area contributed by atoms with Crippen molar-refractivity contribution in [1.29, 1.82) is 0 Å². The zero-order valence-electron chi connectivity index (χ0n) is 12.7. The molecule has 0 aliphatic heterocycles. The summed E-state index contributed by atoms with van der Waals surface area (Å²) in [7, 11) is 1.79. The van der Waals surface area contributed by atoms with Gasteiger partial charge in [0.2, 0.25) is 0 Å². The molecule has 2 fully saturated rings. The molecule has 0 saturated heterocycles. The zero-order chi connectivity index (χ0) is 14.6. The SMILES string of the molecule is CCSC1CCC(NC(=O)N(C)CC2(O)CCCC2)C1. The number of nitrogens with one attached hydrogen (secondary N) is 1. The lowest BCUT2D eigenvalue weighted by Gasteiger charge is -2.29. The van der Waals surface area contributed by atoms with Crippen molar-refractivity contribution in [3.63, 3.8) is 0 Å². The Morgan fingerprint density at radius 1 is 1.40 bits per heavy atom. The van der Waals surface area contributed by atoms with Crippen molar-refractivity contribution in [3.05, 3.63) is 0 Å². The van der Waals surface area contributed by atoms with E-state index >= 15 is 0 Å². The van der Waals surface area contributed by atoms with Gasteiger partial charge in [-0.3, -0.25) is 0 Å². The maximum atomic E-state index is 12.2. The van der Waals surface area contributed by atoms with Crippen LogP contribution < -0.4 is 5.32 Å². The molecular formula is C15H28N2O2S. The van der Waals surface area contributed by atoms with Crippen LogP contribution in [-0.4, -0.2) is 52.3 Å². The number of likely N-dealkylation sites (N-methyl/N-ethyl adjacent to an activating group) is 1. The number of nitrogens with zero attached hydrogens (tertiary/aromatic N) is 1. The Morgan fingerprint density at radius 3 is 2.75 bits per heavy atom. The number of hydrogen-bond acceptors (Lipinski definition) is 3. The molecule has 2 aliphatic carbocycles. The first-order valence-electron chi connectivity index (χ1n) is 7.88. The lowest BCUT2D eigenvalue weighted by atomic mass is 10.0. The van der Waals surface area contributed by atoms with Crippen LogP contribution in [0.5, 0.6) is 0 Å². The lowest BCUT2D eigenvalue weighted by molar-refractivity contribution is 0.0244. The summed E-state index contributed by atoms with van der Waals surface area (Å²) in [6.07, 6.45) is 7.17. The second kappa shape index (κ2) is 7.03. The topological polar surface area (TPSA) is 52.6 Å². The van der Waals surface area contributed by atoms with E-state index in [0.29, 0.717) is 17.8 Å². The van der Waals surface area contributed by atoms with Gasteiger partial charge < -0.3 is 15.3 Å². The van der Waals surface area contributed by atoms with Gasteiger partial charge >= 0.3 is 6.03 Å². The van der Waals surface area contributed by atoms with Gasteiger partial charge in [-0.05, 0) is 37.9 Å². The van der Waals surface area contributed by atoms with Crippen molar-refractivity contribution in [3.8, 4) is 0 Å². The summed E-state index contributed by atoms with van der Waals surface area (Å²) in [5.74, 6) is 1.15.